The Balaban J connectivity index is 0.000000240. The minimum atomic E-state index is -1.05. The SMILES string of the molecule is C[C@@]1(C(=O)O)CCC[C@@H]1C(=O)O.C[C@@]1(C(=O)O)CCC[C@@H]1C(=O)O. The molecule has 2 aliphatic carbocycles. The van der Waals surface area contributed by atoms with Crippen molar-refractivity contribution in [2.24, 2.45) is 22.7 Å². The van der Waals surface area contributed by atoms with Gasteiger partial charge in [-0.25, -0.2) is 0 Å². The maximum Gasteiger partial charge on any atom is 0.310 e. The lowest BCUT2D eigenvalue weighted by Gasteiger charge is -2.23. The van der Waals surface area contributed by atoms with Gasteiger partial charge in [0.25, 0.3) is 0 Å². The van der Waals surface area contributed by atoms with Gasteiger partial charge < -0.3 is 20.4 Å². The summed E-state index contributed by atoms with van der Waals surface area (Å²) in [7, 11) is 0. The first kappa shape index (κ1) is 19.9. The molecule has 0 aromatic rings. The van der Waals surface area contributed by atoms with Crippen LogP contribution in [0, 0.1) is 22.7 Å². The molecule has 0 spiro atoms. The highest BCUT2D eigenvalue weighted by molar-refractivity contribution is 5.84. The zero-order valence-electron chi connectivity index (χ0n) is 13.8. The minimum absolute atomic E-state index is 0.472. The van der Waals surface area contributed by atoms with E-state index in [1.165, 1.54) is 13.8 Å². The quantitative estimate of drug-likeness (QED) is 0.604. The summed E-state index contributed by atoms with van der Waals surface area (Å²) in [5.41, 5.74) is -2.10. The normalized spacial score (nSPS) is 34.9. The number of rotatable bonds is 4. The van der Waals surface area contributed by atoms with Crippen LogP contribution in [0.4, 0.5) is 0 Å². The highest BCUT2D eigenvalue weighted by Crippen LogP contribution is 2.44. The standard InChI is InChI=1S/2C8H12O4/c2*1-8(7(11)12)4-2-3-5(8)6(9)10/h2*5H,2-4H2,1H3,(H,9,10)(H,11,12)/t2*5-,8-/m11/s1. The summed E-state index contributed by atoms with van der Waals surface area (Å²) in [6.07, 6.45) is 3.30. The number of carboxylic acid groups (broad SMARTS) is 4. The summed E-state index contributed by atoms with van der Waals surface area (Å²) in [6, 6.07) is 0. The maximum absolute atomic E-state index is 10.8. The smallest absolute Gasteiger partial charge is 0.310 e. The van der Waals surface area contributed by atoms with Crippen LogP contribution >= 0.6 is 0 Å². The molecule has 0 aromatic heterocycles. The first-order valence-corrected chi connectivity index (χ1v) is 7.89. The molecule has 0 aliphatic heterocycles. The van der Waals surface area contributed by atoms with E-state index < -0.39 is 46.5 Å². The zero-order chi connectivity index (χ0) is 18.7. The predicted molar refractivity (Wildman–Crippen MR) is 81.4 cm³/mol. The van der Waals surface area contributed by atoms with Crippen molar-refractivity contribution in [1.29, 1.82) is 0 Å². The third-order valence-electron chi connectivity index (χ3n) is 5.49. The summed E-state index contributed by atoms with van der Waals surface area (Å²) in [5, 5.41) is 35.1. The fourth-order valence-electron chi connectivity index (χ4n) is 3.64. The summed E-state index contributed by atoms with van der Waals surface area (Å²) in [6.45, 7) is 3.03. The van der Waals surface area contributed by atoms with E-state index in [1.54, 1.807) is 0 Å². The van der Waals surface area contributed by atoms with Crippen LogP contribution in [0.5, 0.6) is 0 Å². The average molecular weight is 344 g/mol. The van der Waals surface area contributed by atoms with Gasteiger partial charge in [-0.3, -0.25) is 19.2 Å². The van der Waals surface area contributed by atoms with Gasteiger partial charge in [-0.05, 0) is 39.5 Å². The van der Waals surface area contributed by atoms with E-state index in [9.17, 15) is 19.2 Å². The van der Waals surface area contributed by atoms with Gasteiger partial charge in [0.15, 0.2) is 0 Å². The second-order valence-electron chi connectivity index (χ2n) is 7.01. The molecule has 0 amide bonds. The van der Waals surface area contributed by atoms with Crippen LogP contribution in [-0.2, 0) is 19.2 Å². The van der Waals surface area contributed by atoms with Gasteiger partial charge in [0, 0.05) is 0 Å². The van der Waals surface area contributed by atoms with E-state index in [0.29, 0.717) is 38.5 Å². The molecule has 24 heavy (non-hydrogen) atoms. The van der Waals surface area contributed by atoms with Crippen molar-refractivity contribution in [1.82, 2.24) is 0 Å². The second kappa shape index (κ2) is 7.19. The molecule has 2 rings (SSSR count). The van der Waals surface area contributed by atoms with Crippen molar-refractivity contribution in [3.63, 3.8) is 0 Å². The van der Waals surface area contributed by atoms with E-state index in [-0.39, 0.29) is 0 Å². The van der Waals surface area contributed by atoms with Crippen molar-refractivity contribution >= 4 is 23.9 Å². The van der Waals surface area contributed by atoms with Crippen LogP contribution in [0.2, 0.25) is 0 Å². The Bertz CT molecular complexity index is 494. The molecule has 4 atom stereocenters. The van der Waals surface area contributed by atoms with Crippen molar-refractivity contribution in [3.05, 3.63) is 0 Å². The molecule has 136 valence electrons. The number of carbonyl (C=O) groups is 4. The summed E-state index contributed by atoms with van der Waals surface area (Å²) >= 11 is 0. The average Bonchev–Trinajstić information content (AvgIpc) is 3.04. The van der Waals surface area contributed by atoms with Gasteiger partial charge in [-0.2, -0.15) is 0 Å². The lowest BCUT2D eigenvalue weighted by Crippen LogP contribution is -2.35. The van der Waals surface area contributed by atoms with E-state index in [2.05, 4.69) is 0 Å². The molecule has 0 aromatic carbocycles. The fourth-order valence-corrected chi connectivity index (χ4v) is 3.64. The molecule has 2 fully saturated rings. The zero-order valence-corrected chi connectivity index (χ0v) is 13.8. The molecule has 0 radical (unpaired) electrons. The molecule has 0 heterocycles. The summed E-state index contributed by atoms with van der Waals surface area (Å²) < 4.78 is 0. The molecule has 8 nitrogen and oxygen atoms in total. The van der Waals surface area contributed by atoms with Crippen molar-refractivity contribution in [2.75, 3.05) is 0 Å². The van der Waals surface area contributed by atoms with Crippen molar-refractivity contribution in [3.8, 4) is 0 Å². The fraction of sp³-hybridized carbons (Fsp3) is 0.750. The number of hydrogen-bond donors (Lipinski definition) is 4. The van der Waals surface area contributed by atoms with Crippen molar-refractivity contribution < 1.29 is 39.6 Å². The monoisotopic (exact) mass is 344 g/mol. The molecule has 2 aliphatic rings. The molecule has 0 unspecified atom stereocenters. The lowest BCUT2D eigenvalue weighted by molar-refractivity contribution is -0.159. The second-order valence-corrected chi connectivity index (χ2v) is 7.01. The maximum atomic E-state index is 10.8. The lowest BCUT2D eigenvalue weighted by atomic mass is 9.80. The van der Waals surface area contributed by atoms with Crippen LogP contribution in [0.1, 0.15) is 52.4 Å². The van der Waals surface area contributed by atoms with Crippen LogP contribution in [0.3, 0.4) is 0 Å². The largest absolute Gasteiger partial charge is 0.481 e. The van der Waals surface area contributed by atoms with Gasteiger partial charge in [0.1, 0.15) is 0 Å². The van der Waals surface area contributed by atoms with Crippen LogP contribution in [0.15, 0.2) is 0 Å². The first-order valence-electron chi connectivity index (χ1n) is 7.89. The Morgan fingerprint density at radius 3 is 1.17 bits per heavy atom. The van der Waals surface area contributed by atoms with Crippen molar-refractivity contribution in [2.45, 2.75) is 52.4 Å². The number of carboxylic acids is 4. The van der Waals surface area contributed by atoms with E-state index >= 15 is 0 Å². The van der Waals surface area contributed by atoms with E-state index in [4.69, 9.17) is 20.4 Å². The molecule has 4 N–H and O–H groups in total. The van der Waals surface area contributed by atoms with Crippen LogP contribution < -0.4 is 0 Å². The number of hydrogen-bond acceptors (Lipinski definition) is 4. The van der Waals surface area contributed by atoms with E-state index in [1.807, 2.05) is 0 Å². The van der Waals surface area contributed by atoms with Crippen LogP contribution in [0.25, 0.3) is 0 Å². The molecule has 8 heteroatoms. The molecular weight excluding hydrogens is 320 g/mol. The number of aliphatic carboxylic acids is 4. The first-order chi connectivity index (χ1) is 11.0. The van der Waals surface area contributed by atoms with E-state index in [0.717, 1.165) is 0 Å². The molecule has 0 bridgehead atoms. The van der Waals surface area contributed by atoms with Gasteiger partial charge in [0.2, 0.25) is 0 Å². The highest BCUT2D eigenvalue weighted by atomic mass is 16.4. The summed E-state index contributed by atoms with van der Waals surface area (Å²) in [4.78, 5) is 42.9. The molecule has 0 saturated heterocycles. The summed E-state index contributed by atoms with van der Waals surface area (Å²) in [5.74, 6) is -5.39. The minimum Gasteiger partial charge on any atom is -0.481 e. The molecule has 2 saturated carbocycles. The van der Waals surface area contributed by atoms with Gasteiger partial charge in [0.05, 0.1) is 22.7 Å². The Labute approximate surface area is 139 Å². The third-order valence-corrected chi connectivity index (χ3v) is 5.49. The Morgan fingerprint density at radius 1 is 0.708 bits per heavy atom. The Kier molecular flexibility index (Phi) is 5.97. The molecular formula is C16H24O8. The third kappa shape index (κ3) is 3.68. The predicted octanol–water partition coefficient (Wildman–Crippen LogP) is 1.92. The highest BCUT2D eigenvalue weighted by Gasteiger charge is 2.49. The van der Waals surface area contributed by atoms with Gasteiger partial charge >= 0.3 is 23.9 Å². The topological polar surface area (TPSA) is 149 Å². The Morgan fingerprint density at radius 2 is 1.00 bits per heavy atom. The Hall–Kier alpha value is -2.12. The van der Waals surface area contributed by atoms with Gasteiger partial charge in [-0.1, -0.05) is 12.8 Å². The van der Waals surface area contributed by atoms with Gasteiger partial charge in [-0.15, -0.1) is 0 Å². The van der Waals surface area contributed by atoms with Crippen LogP contribution in [-0.4, -0.2) is 44.3 Å².